The third-order valence-electron chi connectivity index (χ3n) is 9.33. The minimum absolute atomic E-state index is 0.860. The fourth-order valence-corrected chi connectivity index (χ4v) is 7.43. The standard InChI is InChI=1S/C42H26N2O/c1-2-13-29(30-14-3-7-19-35(30)43-36-20-8-4-15-31(36)32-16-5-9-21-37(32)43)28(12-1)27-24-25-39-41(26-27)45-40-23-11-18-34-33-17-6-10-22-38(33)44(39)42(34)40/h1-26H. The molecule has 9 aromatic rings. The van der Waals surface area contributed by atoms with Gasteiger partial charge < -0.3 is 13.9 Å². The Balaban J connectivity index is 1.18. The lowest BCUT2D eigenvalue weighted by Gasteiger charge is -2.22. The maximum atomic E-state index is 6.64. The van der Waals surface area contributed by atoms with Crippen molar-refractivity contribution < 1.29 is 4.74 Å². The minimum Gasteiger partial charge on any atom is -0.453 e. The quantitative estimate of drug-likeness (QED) is 0.205. The number of benzene rings is 7. The van der Waals surface area contributed by atoms with Crippen LogP contribution in [0.1, 0.15) is 0 Å². The summed E-state index contributed by atoms with van der Waals surface area (Å²) in [5.41, 5.74) is 11.6. The van der Waals surface area contributed by atoms with Crippen LogP contribution in [-0.2, 0) is 0 Å². The number of fused-ring (bicyclic) bond motifs is 8. The van der Waals surface area contributed by atoms with Gasteiger partial charge in [0.15, 0.2) is 11.5 Å². The van der Waals surface area contributed by atoms with E-state index >= 15 is 0 Å². The van der Waals surface area contributed by atoms with Crippen molar-refractivity contribution in [1.82, 2.24) is 9.13 Å². The molecule has 0 saturated carbocycles. The van der Waals surface area contributed by atoms with Gasteiger partial charge in [0, 0.05) is 27.1 Å². The second-order valence-electron chi connectivity index (χ2n) is 11.7. The van der Waals surface area contributed by atoms with Crippen molar-refractivity contribution in [2.24, 2.45) is 0 Å². The highest BCUT2D eigenvalue weighted by atomic mass is 16.5. The van der Waals surface area contributed by atoms with Crippen LogP contribution < -0.4 is 4.74 Å². The summed E-state index contributed by atoms with van der Waals surface area (Å²) in [5, 5.41) is 4.97. The Morgan fingerprint density at radius 1 is 0.356 bits per heavy atom. The molecular formula is C42H26N2O. The zero-order chi connectivity index (χ0) is 29.5. The van der Waals surface area contributed by atoms with Gasteiger partial charge in [0.2, 0.25) is 0 Å². The summed E-state index contributed by atoms with van der Waals surface area (Å²) in [4.78, 5) is 0. The van der Waals surface area contributed by atoms with Crippen molar-refractivity contribution in [3.8, 4) is 45.1 Å². The summed E-state index contributed by atoms with van der Waals surface area (Å²) in [5.74, 6) is 1.75. The van der Waals surface area contributed by atoms with Gasteiger partial charge in [-0.3, -0.25) is 0 Å². The van der Waals surface area contributed by atoms with Crippen LogP contribution in [0.4, 0.5) is 0 Å². The van der Waals surface area contributed by atoms with E-state index in [0.29, 0.717) is 0 Å². The van der Waals surface area contributed by atoms with E-state index in [4.69, 9.17) is 4.74 Å². The Hall–Kier alpha value is -6.06. The predicted octanol–water partition coefficient (Wildman–Crippen LogP) is 11.3. The molecule has 7 aromatic carbocycles. The monoisotopic (exact) mass is 574 g/mol. The molecule has 0 spiro atoms. The molecule has 2 aromatic heterocycles. The predicted molar refractivity (Wildman–Crippen MR) is 186 cm³/mol. The van der Waals surface area contributed by atoms with Gasteiger partial charge in [-0.2, -0.15) is 0 Å². The van der Waals surface area contributed by atoms with E-state index in [0.717, 1.165) is 34.0 Å². The average Bonchev–Trinajstić information content (AvgIpc) is 3.63. The van der Waals surface area contributed by atoms with Crippen LogP contribution in [0.5, 0.6) is 11.5 Å². The third-order valence-corrected chi connectivity index (χ3v) is 9.33. The van der Waals surface area contributed by atoms with Gasteiger partial charge in [-0.25, -0.2) is 0 Å². The Morgan fingerprint density at radius 2 is 0.911 bits per heavy atom. The van der Waals surface area contributed by atoms with E-state index in [9.17, 15) is 0 Å². The lowest BCUT2D eigenvalue weighted by atomic mass is 9.93. The molecule has 0 unspecified atom stereocenters. The topological polar surface area (TPSA) is 19.1 Å². The number of para-hydroxylation sites is 5. The SMILES string of the molecule is c1ccc(-c2ccccc2-n2c3ccccc3c3ccccc32)c(-c2ccc3c(c2)Oc2cccc4c5ccccc5n-3c24)c1. The first-order valence-corrected chi connectivity index (χ1v) is 15.4. The first-order valence-electron chi connectivity index (χ1n) is 15.4. The van der Waals surface area contributed by atoms with E-state index in [1.165, 1.54) is 54.8 Å². The van der Waals surface area contributed by atoms with Crippen molar-refractivity contribution >= 4 is 43.6 Å². The molecule has 210 valence electrons. The Bertz CT molecular complexity index is 2580. The molecule has 0 amide bonds. The highest BCUT2D eigenvalue weighted by Gasteiger charge is 2.24. The van der Waals surface area contributed by atoms with Crippen LogP contribution in [0.25, 0.3) is 77.2 Å². The maximum Gasteiger partial charge on any atom is 0.152 e. The molecule has 0 N–H and O–H groups in total. The summed E-state index contributed by atoms with van der Waals surface area (Å²) in [6.45, 7) is 0. The number of hydrogen-bond acceptors (Lipinski definition) is 1. The zero-order valence-electron chi connectivity index (χ0n) is 24.3. The summed E-state index contributed by atoms with van der Waals surface area (Å²) in [6, 6.07) is 56.5. The molecule has 0 saturated heterocycles. The second kappa shape index (κ2) is 9.22. The normalized spacial score (nSPS) is 12.2. The summed E-state index contributed by atoms with van der Waals surface area (Å²) in [6.07, 6.45) is 0. The largest absolute Gasteiger partial charge is 0.453 e. The Kier molecular flexibility index (Phi) is 5.00. The summed E-state index contributed by atoms with van der Waals surface area (Å²) in [7, 11) is 0. The number of aromatic nitrogens is 2. The highest BCUT2D eigenvalue weighted by molar-refractivity contribution is 6.12. The van der Waals surface area contributed by atoms with Crippen LogP contribution in [0.3, 0.4) is 0 Å². The van der Waals surface area contributed by atoms with E-state index in [2.05, 4.69) is 167 Å². The van der Waals surface area contributed by atoms with Crippen LogP contribution in [0.2, 0.25) is 0 Å². The second-order valence-corrected chi connectivity index (χ2v) is 11.7. The first-order chi connectivity index (χ1) is 22.3. The third kappa shape index (κ3) is 3.41. The van der Waals surface area contributed by atoms with Gasteiger partial charge >= 0.3 is 0 Å². The van der Waals surface area contributed by atoms with Gasteiger partial charge in [-0.1, -0.05) is 115 Å². The van der Waals surface area contributed by atoms with Gasteiger partial charge in [-0.15, -0.1) is 0 Å². The summed E-state index contributed by atoms with van der Waals surface area (Å²) >= 11 is 0. The smallest absolute Gasteiger partial charge is 0.152 e. The van der Waals surface area contributed by atoms with E-state index in [-0.39, 0.29) is 0 Å². The molecule has 0 radical (unpaired) electrons. The fraction of sp³-hybridized carbons (Fsp3) is 0. The molecule has 1 aliphatic heterocycles. The van der Waals surface area contributed by atoms with Gasteiger partial charge in [0.05, 0.1) is 33.4 Å². The van der Waals surface area contributed by atoms with Crippen molar-refractivity contribution in [2.75, 3.05) is 0 Å². The molecule has 3 heterocycles. The Morgan fingerprint density at radius 3 is 1.64 bits per heavy atom. The molecular weight excluding hydrogens is 548 g/mol. The number of hydrogen-bond donors (Lipinski definition) is 0. The minimum atomic E-state index is 0.860. The van der Waals surface area contributed by atoms with Crippen molar-refractivity contribution in [3.63, 3.8) is 0 Å². The zero-order valence-corrected chi connectivity index (χ0v) is 24.3. The molecule has 0 aliphatic carbocycles. The van der Waals surface area contributed by atoms with Crippen LogP contribution in [0, 0.1) is 0 Å². The molecule has 0 atom stereocenters. The Labute approximate surface area is 259 Å². The molecule has 3 nitrogen and oxygen atoms in total. The highest BCUT2D eigenvalue weighted by Crippen LogP contribution is 2.47. The van der Waals surface area contributed by atoms with Crippen LogP contribution in [0.15, 0.2) is 158 Å². The lowest BCUT2D eigenvalue weighted by molar-refractivity contribution is 0.476. The first kappa shape index (κ1) is 24.4. The lowest BCUT2D eigenvalue weighted by Crippen LogP contribution is -2.04. The van der Waals surface area contributed by atoms with Gasteiger partial charge in [-0.05, 0) is 59.2 Å². The van der Waals surface area contributed by atoms with Crippen LogP contribution in [-0.4, -0.2) is 9.13 Å². The van der Waals surface area contributed by atoms with Crippen molar-refractivity contribution in [1.29, 1.82) is 0 Å². The van der Waals surface area contributed by atoms with Crippen molar-refractivity contribution in [2.45, 2.75) is 0 Å². The van der Waals surface area contributed by atoms with E-state index in [1.807, 2.05) is 0 Å². The number of rotatable bonds is 3. The molecule has 1 aliphatic rings. The van der Waals surface area contributed by atoms with Crippen molar-refractivity contribution in [3.05, 3.63) is 158 Å². The average molecular weight is 575 g/mol. The molecule has 0 fully saturated rings. The fourth-order valence-electron chi connectivity index (χ4n) is 7.43. The summed E-state index contributed by atoms with van der Waals surface area (Å²) < 4.78 is 11.4. The van der Waals surface area contributed by atoms with Gasteiger partial charge in [0.1, 0.15) is 0 Å². The molecule has 0 bridgehead atoms. The van der Waals surface area contributed by atoms with Crippen LogP contribution >= 0.6 is 0 Å². The molecule has 3 heteroatoms. The van der Waals surface area contributed by atoms with Gasteiger partial charge in [0.25, 0.3) is 0 Å². The van der Waals surface area contributed by atoms with E-state index < -0.39 is 0 Å². The molecule has 45 heavy (non-hydrogen) atoms. The number of nitrogens with zero attached hydrogens (tertiary/aromatic N) is 2. The number of ether oxygens (including phenoxy) is 1. The molecule has 10 rings (SSSR count). The maximum absolute atomic E-state index is 6.64. The van der Waals surface area contributed by atoms with E-state index in [1.54, 1.807) is 0 Å².